The van der Waals surface area contributed by atoms with Crippen molar-refractivity contribution in [1.29, 1.82) is 0 Å². The highest BCUT2D eigenvalue weighted by molar-refractivity contribution is 6.68. The van der Waals surface area contributed by atoms with Crippen LogP contribution in [0.1, 0.15) is 11.1 Å². The highest BCUT2D eigenvalue weighted by atomic mass is 16.6. The number of hydrogen-bond acceptors (Lipinski definition) is 5. The summed E-state index contributed by atoms with van der Waals surface area (Å²) in [5.74, 6) is -0.412. The second-order valence-electron chi connectivity index (χ2n) is 3.64. The first-order chi connectivity index (χ1) is 8.16. The van der Waals surface area contributed by atoms with Gasteiger partial charge in [-0.05, 0) is 12.5 Å². The molecule has 0 saturated carbocycles. The summed E-state index contributed by atoms with van der Waals surface area (Å²) < 4.78 is 0. The Kier molecular flexibility index (Phi) is 3.04. The van der Waals surface area contributed by atoms with Crippen LogP contribution in [0.25, 0.3) is 0 Å². The molecule has 88 valence electrons. The van der Waals surface area contributed by atoms with Gasteiger partial charge in [0.1, 0.15) is 6.61 Å². The zero-order valence-electron chi connectivity index (χ0n) is 9.30. The molecule has 0 unspecified atom stereocenters. The standard InChI is InChI=1S/C11H12N4O2/c1-7-2-4-8(5-3-7)6-17-15-9-10(12)13-14-11(9)16/h2-5H,6H2,1H3,(H3,12,13,14,15,16). The van der Waals surface area contributed by atoms with E-state index in [4.69, 9.17) is 10.6 Å². The largest absolute Gasteiger partial charge is 0.390 e. The van der Waals surface area contributed by atoms with E-state index in [0.717, 1.165) is 5.56 Å². The molecule has 1 amide bonds. The Morgan fingerprint density at radius 2 is 2.12 bits per heavy atom. The summed E-state index contributed by atoms with van der Waals surface area (Å²) in [6.07, 6.45) is 0. The first-order valence-corrected chi connectivity index (χ1v) is 5.06. The maximum absolute atomic E-state index is 11.2. The molecule has 0 atom stereocenters. The number of nitrogens with zero attached hydrogens (tertiary/aromatic N) is 2. The van der Waals surface area contributed by atoms with Crippen molar-refractivity contribution < 1.29 is 9.63 Å². The maximum Gasteiger partial charge on any atom is 0.297 e. The van der Waals surface area contributed by atoms with E-state index < -0.39 is 5.91 Å². The van der Waals surface area contributed by atoms with Gasteiger partial charge in [-0.3, -0.25) is 4.79 Å². The number of aryl methyl sites for hydroxylation is 1. The van der Waals surface area contributed by atoms with Crippen LogP contribution >= 0.6 is 0 Å². The molecule has 0 spiro atoms. The molecule has 6 heteroatoms. The number of hydrogen-bond donors (Lipinski definition) is 2. The fraction of sp³-hybridized carbons (Fsp3) is 0.182. The Bertz CT molecular complexity index is 491. The van der Waals surface area contributed by atoms with Gasteiger partial charge in [-0.2, -0.15) is 5.10 Å². The third-order valence-electron chi connectivity index (χ3n) is 2.24. The van der Waals surface area contributed by atoms with Crippen molar-refractivity contribution in [2.75, 3.05) is 0 Å². The Labute approximate surface area is 98.1 Å². The summed E-state index contributed by atoms with van der Waals surface area (Å²) in [6, 6.07) is 7.82. The number of nitrogens with two attached hydrogens (primary N) is 1. The predicted octanol–water partition coefficient (Wildman–Crippen LogP) is 0.270. The third kappa shape index (κ3) is 2.60. The smallest absolute Gasteiger partial charge is 0.297 e. The van der Waals surface area contributed by atoms with Gasteiger partial charge in [0.2, 0.25) is 5.71 Å². The molecular formula is C11H12N4O2. The number of rotatable bonds is 3. The lowest BCUT2D eigenvalue weighted by Gasteiger charge is -2.01. The molecule has 17 heavy (non-hydrogen) atoms. The van der Waals surface area contributed by atoms with Crippen LogP contribution in [0.4, 0.5) is 0 Å². The highest BCUT2D eigenvalue weighted by Crippen LogP contribution is 2.05. The van der Waals surface area contributed by atoms with Gasteiger partial charge in [0.15, 0.2) is 5.84 Å². The van der Waals surface area contributed by atoms with Gasteiger partial charge in [0.05, 0.1) is 0 Å². The average Bonchev–Trinajstić information content (AvgIpc) is 2.63. The average molecular weight is 232 g/mol. The van der Waals surface area contributed by atoms with E-state index in [0.29, 0.717) is 0 Å². The lowest BCUT2D eigenvalue weighted by atomic mass is 10.2. The van der Waals surface area contributed by atoms with Crippen molar-refractivity contribution in [2.45, 2.75) is 13.5 Å². The minimum atomic E-state index is -0.452. The van der Waals surface area contributed by atoms with Gasteiger partial charge in [0.25, 0.3) is 5.91 Å². The van der Waals surface area contributed by atoms with Crippen molar-refractivity contribution in [3.63, 3.8) is 0 Å². The van der Waals surface area contributed by atoms with Gasteiger partial charge in [-0.1, -0.05) is 35.0 Å². The van der Waals surface area contributed by atoms with Gasteiger partial charge < -0.3 is 10.6 Å². The van der Waals surface area contributed by atoms with Crippen molar-refractivity contribution in [3.05, 3.63) is 35.4 Å². The second-order valence-corrected chi connectivity index (χ2v) is 3.64. The predicted molar refractivity (Wildman–Crippen MR) is 63.2 cm³/mol. The van der Waals surface area contributed by atoms with Gasteiger partial charge in [-0.15, -0.1) is 0 Å². The molecule has 1 aliphatic rings. The number of amides is 1. The summed E-state index contributed by atoms with van der Waals surface area (Å²) in [5, 5.41) is 7.17. The fourth-order valence-corrected chi connectivity index (χ4v) is 1.28. The van der Waals surface area contributed by atoms with Gasteiger partial charge >= 0.3 is 0 Å². The normalized spacial score (nSPS) is 16.9. The molecule has 2 rings (SSSR count). The van der Waals surface area contributed by atoms with E-state index >= 15 is 0 Å². The van der Waals surface area contributed by atoms with E-state index in [1.165, 1.54) is 5.56 Å². The van der Waals surface area contributed by atoms with Gasteiger partial charge in [0, 0.05) is 0 Å². The van der Waals surface area contributed by atoms with Gasteiger partial charge in [-0.25, -0.2) is 5.43 Å². The molecule has 1 aromatic carbocycles. The first kappa shape index (κ1) is 11.1. The Balaban J connectivity index is 1.95. The molecule has 6 nitrogen and oxygen atoms in total. The summed E-state index contributed by atoms with van der Waals surface area (Å²) in [5.41, 5.74) is 9.76. The van der Waals surface area contributed by atoms with Crippen LogP contribution in [0, 0.1) is 6.92 Å². The first-order valence-electron chi connectivity index (χ1n) is 5.06. The SMILES string of the molecule is Cc1ccc(CON=C2C(=O)NN=C2N)cc1. The lowest BCUT2D eigenvalue weighted by molar-refractivity contribution is -0.114. The fourth-order valence-electron chi connectivity index (χ4n) is 1.28. The highest BCUT2D eigenvalue weighted by Gasteiger charge is 2.22. The van der Waals surface area contributed by atoms with Crippen LogP contribution in [0.15, 0.2) is 34.5 Å². The van der Waals surface area contributed by atoms with Crippen LogP contribution in [-0.4, -0.2) is 17.5 Å². The number of oxime groups is 1. The number of nitrogens with one attached hydrogen (secondary N) is 1. The van der Waals surface area contributed by atoms with E-state index in [-0.39, 0.29) is 18.2 Å². The van der Waals surface area contributed by atoms with Crippen LogP contribution in [0.5, 0.6) is 0 Å². The summed E-state index contributed by atoms with van der Waals surface area (Å²) in [6.45, 7) is 2.29. The summed E-state index contributed by atoms with van der Waals surface area (Å²) >= 11 is 0. The molecule has 0 radical (unpaired) electrons. The topological polar surface area (TPSA) is 89.1 Å². The second kappa shape index (κ2) is 4.65. The Morgan fingerprint density at radius 1 is 1.41 bits per heavy atom. The molecular weight excluding hydrogens is 220 g/mol. The van der Waals surface area contributed by atoms with E-state index in [1.54, 1.807) is 0 Å². The molecule has 1 aliphatic heterocycles. The summed E-state index contributed by atoms with van der Waals surface area (Å²) in [7, 11) is 0. The minimum Gasteiger partial charge on any atom is -0.390 e. The molecule has 1 heterocycles. The monoisotopic (exact) mass is 232 g/mol. The molecule has 0 bridgehead atoms. The molecule has 1 aromatic rings. The minimum absolute atomic E-state index is 0.0112. The van der Waals surface area contributed by atoms with Crippen molar-refractivity contribution in [3.8, 4) is 0 Å². The van der Waals surface area contributed by atoms with Crippen LogP contribution in [-0.2, 0) is 16.2 Å². The zero-order valence-corrected chi connectivity index (χ0v) is 9.30. The van der Waals surface area contributed by atoms with Crippen molar-refractivity contribution in [1.82, 2.24) is 5.43 Å². The van der Waals surface area contributed by atoms with Crippen molar-refractivity contribution in [2.24, 2.45) is 16.0 Å². The lowest BCUT2D eigenvalue weighted by Crippen LogP contribution is -2.27. The third-order valence-corrected chi connectivity index (χ3v) is 2.24. The van der Waals surface area contributed by atoms with Crippen LogP contribution in [0.3, 0.4) is 0 Å². The number of carbonyl (C=O) groups is 1. The molecule has 0 aliphatic carbocycles. The number of amidine groups is 1. The molecule has 0 fully saturated rings. The van der Waals surface area contributed by atoms with Crippen molar-refractivity contribution >= 4 is 17.5 Å². The number of hydrazone groups is 1. The Morgan fingerprint density at radius 3 is 2.71 bits per heavy atom. The summed E-state index contributed by atoms with van der Waals surface area (Å²) in [4.78, 5) is 16.2. The van der Waals surface area contributed by atoms with E-state index in [9.17, 15) is 4.79 Å². The quantitative estimate of drug-likeness (QED) is 0.733. The molecule has 3 N–H and O–H groups in total. The molecule has 0 aromatic heterocycles. The molecule has 0 saturated heterocycles. The number of carbonyl (C=O) groups excluding carboxylic acids is 1. The van der Waals surface area contributed by atoms with E-state index in [2.05, 4.69) is 15.7 Å². The Hall–Kier alpha value is -2.37. The zero-order chi connectivity index (χ0) is 12.3. The number of benzene rings is 1. The van der Waals surface area contributed by atoms with Crippen LogP contribution < -0.4 is 11.2 Å². The van der Waals surface area contributed by atoms with E-state index in [1.807, 2.05) is 31.2 Å². The maximum atomic E-state index is 11.2. The van der Waals surface area contributed by atoms with Crippen LogP contribution in [0.2, 0.25) is 0 Å².